The number of hydrogen-bond donors (Lipinski definition) is 1. The lowest BCUT2D eigenvalue weighted by atomic mass is 10.1. The third kappa shape index (κ3) is 4.32. The third-order valence-corrected chi connectivity index (χ3v) is 4.53. The van der Waals surface area contributed by atoms with Gasteiger partial charge in [-0.3, -0.25) is 4.21 Å². The van der Waals surface area contributed by atoms with Gasteiger partial charge in [-0.05, 0) is 31.4 Å². The van der Waals surface area contributed by atoms with Crippen molar-refractivity contribution in [2.45, 2.75) is 32.4 Å². The topological polar surface area (TPSA) is 32.3 Å². The Balaban J connectivity index is 1.97. The Bertz CT molecular complexity index is 430. The van der Waals surface area contributed by atoms with E-state index in [4.69, 9.17) is 0 Å². The molecule has 0 aliphatic carbocycles. The van der Waals surface area contributed by atoms with E-state index in [1.807, 2.05) is 0 Å². The molecule has 1 fully saturated rings. The van der Waals surface area contributed by atoms with Crippen LogP contribution in [0.2, 0.25) is 0 Å². The molecule has 0 spiro atoms. The van der Waals surface area contributed by atoms with E-state index in [9.17, 15) is 4.21 Å². The lowest BCUT2D eigenvalue weighted by Crippen LogP contribution is -2.31. The van der Waals surface area contributed by atoms with Gasteiger partial charge in [0.15, 0.2) is 0 Å². The molecule has 2 atom stereocenters. The molecule has 0 saturated carbocycles. The number of rotatable bonds is 6. The summed E-state index contributed by atoms with van der Waals surface area (Å²) < 4.78 is 11.2. The van der Waals surface area contributed by atoms with Gasteiger partial charge in [0, 0.05) is 54.2 Å². The van der Waals surface area contributed by atoms with Crippen LogP contribution in [0.15, 0.2) is 24.3 Å². The van der Waals surface area contributed by atoms with Crippen LogP contribution in [0.1, 0.15) is 25.3 Å². The summed E-state index contributed by atoms with van der Waals surface area (Å²) in [4.78, 5) is 2.47. The molecular formula is C15H24N2OS. The van der Waals surface area contributed by atoms with E-state index in [1.54, 1.807) is 6.26 Å². The molecule has 1 aliphatic heterocycles. The molecule has 2 unspecified atom stereocenters. The van der Waals surface area contributed by atoms with Crippen molar-refractivity contribution < 1.29 is 4.21 Å². The predicted molar refractivity (Wildman–Crippen MR) is 83.1 cm³/mol. The van der Waals surface area contributed by atoms with Gasteiger partial charge in [-0.15, -0.1) is 0 Å². The van der Waals surface area contributed by atoms with Gasteiger partial charge in [-0.2, -0.15) is 0 Å². The zero-order valence-electron chi connectivity index (χ0n) is 11.9. The second kappa shape index (κ2) is 7.06. The molecule has 1 aromatic rings. The third-order valence-electron chi connectivity index (χ3n) is 3.56. The highest BCUT2D eigenvalue weighted by molar-refractivity contribution is 7.84. The first-order valence-electron chi connectivity index (χ1n) is 7.03. The Morgan fingerprint density at radius 2 is 2.00 bits per heavy atom. The molecule has 1 N–H and O–H groups in total. The van der Waals surface area contributed by atoms with Gasteiger partial charge in [-0.1, -0.05) is 18.2 Å². The Morgan fingerprint density at radius 1 is 1.32 bits per heavy atom. The van der Waals surface area contributed by atoms with Crippen molar-refractivity contribution in [3.8, 4) is 0 Å². The Kier molecular flexibility index (Phi) is 5.40. The molecule has 1 aromatic carbocycles. The van der Waals surface area contributed by atoms with Gasteiger partial charge in [-0.25, -0.2) is 0 Å². The maximum atomic E-state index is 11.2. The molecule has 0 aromatic heterocycles. The number of benzene rings is 1. The molecule has 1 saturated heterocycles. The van der Waals surface area contributed by atoms with E-state index < -0.39 is 10.8 Å². The average Bonchev–Trinajstić information content (AvgIpc) is 2.89. The van der Waals surface area contributed by atoms with Crippen LogP contribution in [0.25, 0.3) is 0 Å². The molecule has 19 heavy (non-hydrogen) atoms. The van der Waals surface area contributed by atoms with Crippen molar-refractivity contribution >= 4 is 16.5 Å². The summed E-state index contributed by atoms with van der Waals surface area (Å²) >= 11 is 0. The molecule has 1 heterocycles. The van der Waals surface area contributed by atoms with Crippen LogP contribution in [0, 0.1) is 0 Å². The molecule has 0 bridgehead atoms. The average molecular weight is 280 g/mol. The van der Waals surface area contributed by atoms with Crippen molar-refractivity contribution in [2.75, 3.05) is 30.0 Å². The fraction of sp³-hybridized carbons (Fsp3) is 0.600. The smallest absolute Gasteiger partial charge is 0.0411 e. The molecular weight excluding hydrogens is 256 g/mol. The van der Waals surface area contributed by atoms with Crippen LogP contribution in [-0.4, -0.2) is 35.3 Å². The Hall–Kier alpha value is -0.870. The molecule has 2 rings (SSSR count). The summed E-state index contributed by atoms with van der Waals surface area (Å²) in [5.41, 5.74) is 2.70. The first-order chi connectivity index (χ1) is 9.16. The zero-order valence-corrected chi connectivity index (χ0v) is 12.7. The number of nitrogens with zero attached hydrogens (tertiary/aromatic N) is 1. The van der Waals surface area contributed by atoms with Crippen LogP contribution in [0.5, 0.6) is 0 Å². The fourth-order valence-corrected chi connectivity index (χ4v) is 3.44. The summed E-state index contributed by atoms with van der Waals surface area (Å²) in [6, 6.07) is 8.90. The monoisotopic (exact) mass is 280 g/mol. The van der Waals surface area contributed by atoms with Gasteiger partial charge in [0.25, 0.3) is 0 Å². The Labute approximate surface area is 118 Å². The van der Waals surface area contributed by atoms with Gasteiger partial charge < -0.3 is 10.2 Å². The van der Waals surface area contributed by atoms with Crippen LogP contribution in [-0.2, 0) is 17.3 Å². The minimum Gasteiger partial charge on any atom is -0.371 e. The van der Waals surface area contributed by atoms with E-state index in [-0.39, 0.29) is 6.04 Å². The quantitative estimate of drug-likeness (QED) is 0.866. The molecule has 4 heteroatoms. The second-order valence-corrected chi connectivity index (χ2v) is 6.82. The van der Waals surface area contributed by atoms with Crippen molar-refractivity contribution in [1.82, 2.24) is 5.32 Å². The molecule has 1 aliphatic rings. The Morgan fingerprint density at radius 3 is 2.68 bits per heavy atom. The van der Waals surface area contributed by atoms with Crippen LogP contribution < -0.4 is 10.2 Å². The van der Waals surface area contributed by atoms with Crippen molar-refractivity contribution in [2.24, 2.45) is 0 Å². The van der Waals surface area contributed by atoms with Crippen LogP contribution in [0.4, 0.5) is 5.69 Å². The van der Waals surface area contributed by atoms with E-state index in [2.05, 4.69) is 41.4 Å². The lowest BCUT2D eigenvalue weighted by molar-refractivity contribution is 0.587. The number of anilines is 1. The minimum atomic E-state index is -0.734. The molecule has 0 amide bonds. The first-order valence-corrected chi connectivity index (χ1v) is 8.76. The second-order valence-electron chi connectivity index (χ2n) is 5.34. The first kappa shape index (κ1) is 14.5. The zero-order chi connectivity index (χ0) is 13.7. The fourth-order valence-electron chi connectivity index (χ4n) is 2.62. The predicted octanol–water partition coefficient (Wildman–Crippen LogP) is 2.14. The van der Waals surface area contributed by atoms with E-state index in [0.717, 1.165) is 6.54 Å². The van der Waals surface area contributed by atoms with Gasteiger partial charge in [0.05, 0.1) is 0 Å². The maximum Gasteiger partial charge on any atom is 0.0411 e. The van der Waals surface area contributed by atoms with E-state index in [1.165, 1.54) is 37.2 Å². The number of para-hydroxylation sites is 1. The number of nitrogens with one attached hydrogen (secondary N) is 1. The largest absolute Gasteiger partial charge is 0.371 e. The van der Waals surface area contributed by atoms with Crippen molar-refractivity contribution in [3.63, 3.8) is 0 Å². The standard InChI is InChI=1S/C15H24N2OS/c1-13(12-19(2)18)16-11-14-7-3-4-8-15(14)17-9-5-6-10-17/h3-4,7-8,13,16H,5-6,9-12H2,1-2H3. The van der Waals surface area contributed by atoms with Gasteiger partial charge in [0.2, 0.25) is 0 Å². The SMILES string of the molecule is CC(CS(C)=O)NCc1ccccc1N1CCCC1. The van der Waals surface area contributed by atoms with Gasteiger partial charge >= 0.3 is 0 Å². The molecule has 3 nitrogen and oxygen atoms in total. The van der Waals surface area contributed by atoms with E-state index in [0.29, 0.717) is 5.75 Å². The summed E-state index contributed by atoms with van der Waals surface area (Å²) in [6.45, 7) is 5.29. The summed E-state index contributed by atoms with van der Waals surface area (Å²) in [7, 11) is -0.734. The maximum absolute atomic E-state index is 11.2. The summed E-state index contributed by atoms with van der Waals surface area (Å²) in [5.74, 6) is 0.714. The summed E-state index contributed by atoms with van der Waals surface area (Å²) in [5, 5.41) is 3.47. The molecule has 106 valence electrons. The van der Waals surface area contributed by atoms with Crippen LogP contribution >= 0.6 is 0 Å². The summed E-state index contributed by atoms with van der Waals surface area (Å²) in [6.07, 6.45) is 4.36. The lowest BCUT2D eigenvalue weighted by Gasteiger charge is -2.22. The molecule has 0 radical (unpaired) electrons. The van der Waals surface area contributed by atoms with Crippen molar-refractivity contribution in [3.05, 3.63) is 29.8 Å². The minimum absolute atomic E-state index is 0.289. The normalized spacial score (nSPS) is 18.5. The van der Waals surface area contributed by atoms with E-state index >= 15 is 0 Å². The van der Waals surface area contributed by atoms with Crippen LogP contribution in [0.3, 0.4) is 0 Å². The highest BCUT2D eigenvalue weighted by atomic mass is 32.2. The highest BCUT2D eigenvalue weighted by Crippen LogP contribution is 2.24. The number of hydrogen-bond acceptors (Lipinski definition) is 3. The van der Waals surface area contributed by atoms with Gasteiger partial charge in [0.1, 0.15) is 0 Å². The van der Waals surface area contributed by atoms with Crippen molar-refractivity contribution in [1.29, 1.82) is 0 Å². The highest BCUT2D eigenvalue weighted by Gasteiger charge is 2.15.